The van der Waals surface area contributed by atoms with Crippen LogP contribution >= 0.6 is 0 Å². The van der Waals surface area contributed by atoms with Gasteiger partial charge in [-0.3, -0.25) is 0 Å². The molecule has 4 aromatic heterocycles. The van der Waals surface area contributed by atoms with Gasteiger partial charge in [0.25, 0.3) is 0 Å². The number of furan rings is 4. The number of rotatable bonds is 12. The van der Waals surface area contributed by atoms with Crippen LogP contribution in [0.3, 0.4) is 0 Å². The lowest BCUT2D eigenvalue weighted by Gasteiger charge is -2.28. The molecule has 4 heterocycles. The van der Waals surface area contributed by atoms with Crippen molar-refractivity contribution in [1.82, 2.24) is 0 Å². The zero-order valence-electron chi connectivity index (χ0n) is 65.3. The number of hydrogen-bond donors (Lipinski definition) is 0. The monoisotopic (exact) mass is 1510 g/mol. The normalized spacial score (nSPS) is 13.2. The van der Waals surface area contributed by atoms with E-state index in [4.69, 9.17) is 17.7 Å². The maximum absolute atomic E-state index is 7.48. The Morgan fingerprint density at radius 1 is 0.212 bits per heavy atom. The largest absolute Gasteiger partial charge is 0.456 e. The van der Waals surface area contributed by atoms with Crippen LogP contribution in [0.25, 0.3) is 188 Å². The fourth-order valence-electron chi connectivity index (χ4n) is 19.9. The lowest BCUT2D eigenvalue weighted by molar-refractivity contribution is 0.631. The molecule has 0 unspecified atom stereocenters. The highest BCUT2D eigenvalue weighted by molar-refractivity contribution is 6.21. The molecule has 0 saturated heterocycles. The van der Waals surface area contributed by atoms with Crippen molar-refractivity contribution in [3.8, 4) is 89.8 Å². The fourth-order valence-corrected chi connectivity index (χ4v) is 19.9. The van der Waals surface area contributed by atoms with Crippen LogP contribution in [0.4, 0.5) is 34.1 Å². The van der Waals surface area contributed by atoms with Crippen LogP contribution in [0.2, 0.25) is 0 Å². The van der Waals surface area contributed by atoms with Gasteiger partial charge in [-0.05, 0) is 256 Å². The number of hydrogen-bond acceptors (Lipinski definition) is 6. The van der Waals surface area contributed by atoms with Gasteiger partial charge in [0, 0.05) is 111 Å². The minimum absolute atomic E-state index is 0.265. The highest BCUT2D eigenvalue weighted by Crippen LogP contribution is 2.57. The number of para-hydroxylation sites is 2. The summed E-state index contributed by atoms with van der Waals surface area (Å²) in [6, 6.07) is 137. The Labute approximate surface area is 681 Å². The van der Waals surface area contributed by atoms with Crippen molar-refractivity contribution in [3.05, 3.63) is 398 Å². The van der Waals surface area contributed by atoms with Crippen molar-refractivity contribution in [2.24, 2.45) is 0 Å². The average Bonchev–Trinajstić information content (AvgIpc) is 1.57. The van der Waals surface area contributed by atoms with Gasteiger partial charge in [0.1, 0.15) is 45.4 Å². The van der Waals surface area contributed by atoms with E-state index < -0.39 is 0 Å². The predicted molar refractivity (Wildman–Crippen MR) is 490 cm³/mol. The van der Waals surface area contributed by atoms with E-state index in [1.165, 1.54) is 66.1 Å². The summed E-state index contributed by atoms with van der Waals surface area (Å²) in [5.41, 5.74) is 27.8. The van der Waals surface area contributed by atoms with Crippen LogP contribution in [0.15, 0.2) is 394 Å². The first-order valence-corrected chi connectivity index (χ1v) is 40.7. The van der Waals surface area contributed by atoms with Crippen molar-refractivity contribution in [2.45, 2.75) is 38.5 Å². The third-order valence-corrected chi connectivity index (χ3v) is 25.5. The maximum atomic E-state index is 7.48. The summed E-state index contributed by atoms with van der Waals surface area (Å²) >= 11 is 0. The molecule has 2 aliphatic carbocycles. The SMILES string of the molecule is CC1(C)c2cc(N(c3ccc(-c4oc5c(ccc6c5ccc5c(-c7ccccc7)c(-c7ccc(N(c8ccc9c(c8)C(C)(C)c8c-9ccc9ccccc89)c8ccc9cc(-c%10cc%11ccccc%11o%10)ccc9c8)cc7)oc56)c4-c4ccccc4)cc3)c3ccc4cc(-c5cc6ccccc6o5)ccc4c3)ccc2-c2ccc3ccccc3c21. The van der Waals surface area contributed by atoms with Crippen molar-refractivity contribution in [3.63, 3.8) is 0 Å². The molecular weight excluding hydrogens is 1440 g/mol. The van der Waals surface area contributed by atoms with Gasteiger partial charge in [-0.15, -0.1) is 0 Å². The van der Waals surface area contributed by atoms with Gasteiger partial charge in [-0.25, -0.2) is 0 Å². The van der Waals surface area contributed by atoms with Crippen LogP contribution in [-0.2, 0) is 10.8 Å². The topological polar surface area (TPSA) is 59.0 Å². The molecule has 2 aliphatic rings. The molecule has 0 fully saturated rings. The minimum Gasteiger partial charge on any atom is -0.456 e. The molecule has 6 nitrogen and oxygen atoms in total. The van der Waals surface area contributed by atoms with E-state index in [9.17, 15) is 0 Å². The van der Waals surface area contributed by atoms with Crippen molar-refractivity contribution in [1.29, 1.82) is 0 Å². The molecule has 0 atom stereocenters. The van der Waals surface area contributed by atoms with Crippen molar-refractivity contribution < 1.29 is 17.7 Å². The first kappa shape index (κ1) is 67.5. The summed E-state index contributed by atoms with van der Waals surface area (Å²) < 4.78 is 27.7. The summed E-state index contributed by atoms with van der Waals surface area (Å²) in [5.74, 6) is 3.29. The molecule has 0 spiro atoms. The second-order valence-electron chi connectivity index (χ2n) is 33.0. The van der Waals surface area contributed by atoms with Gasteiger partial charge in [-0.2, -0.15) is 0 Å². The predicted octanol–water partition coefficient (Wildman–Crippen LogP) is 32.0. The third-order valence-electron chi connectivity index (χ3n) is 25.5. The molecule has 0 saturated carbocycles. The molecule has 556 valence electrons. The molecule has 0 N–H and O–H groups in total. The summed E-state index contributed by atoms with van der Waals surface area (Å²) in [6.07, 6.45) is 0. The summed E-state index contributed by atoms with van der Waals surface area (Å²) in [7, 11) is 0. The van der Waals surface area contributed by atoms with Gasteiger partial charge >= 0.3 is 0 Å². The van der Waals surface area contributed by atoms with E-state index in [0.29, 0.717) is 0 Å². The van der Waals surface area contributed by atoms with E-state index in [2.05, 4.69) is 389 Å². The Morgan fingerprint density at radius 2 is 0.542 bits per heavy atom. The van der Waals surface area contributed by atoms with E-state index in [1.54, 1.807) is 0 Å². The zero-order chi connectivity index (χ0) is 78.2. The van der Waals surface area contributed by atoms with Gasteiger partial charge in [-0.1, -0.05) is 246 Å². The van der Waals surface area contributed by atoms with Crippen molar-refractivity contribution in [2.75, 3.05) is 9.80 Å². The number of benzene rings is 18. The molecule has 6 heteroatoms. The first-order valence-electron chi connectivity index (χ1n) is 40.7. The number of anilines is 6. The van der Waals surface area contributed by atoms with Crippen LogP contribution in [0.1, 0.15) is 49.9 Å². The molecule has 118 heavy (non-hydrogen) atoms. The number of nitrogens with zero attached hydrogens (tertiary/aromatic N) is 2. The molecule has 22 aromatic rings. The lowest BCUT2D eigenvalue weighted by Crippen LogP contribution is -2.17. The molecule has 0 aliphatic heterocycles. The van der Waals surface area contributed by atoms with E-state index >= 15 is 0 Å². The van der Waals surface area contributed by atoms with Crippen LogP contribution in [-0.4, -0.2) is 0 Å². The Kier molecular flexibility index (Phi) is 14.7. The molecule has 0 radical (unpaired) electrons. The Hall–Kier alpha value is -15.0. The van der Waals surface area contributed by atoms with Crippen LogP contribution in [0, 0.1) is 0 Å². The quantitative estimate of drug-likeness (QED) is 0.121. The van der Waals surface area contributed by atoms with Crippen LogP contribution in [0.5, 0.6) is 0 Å². The fraction of sp³-hybridized carbons (Fsp3) is 0.0536. The Bertz CT molecular complexity index is 7390. The van der Waals surface area contributed by atoms with E-state index in [0.717, 1.165) is 178 Å². The summed E-state index contributed by atoms with van der Waals surface area (Å²) in [6.45, 7) is 9.54. The summed E-state index contributed by atoms with van der Waals surface area (Å²) in [4.78, 5) is 4.82. The van der Waals surface area contributed by atoms with Crippen LogP contribution < -0.4 is 9.80 Å². The molecule has 0 bridgehead atoms. The minimum atomic E-state index is -0.265. The van der Waals surface area contributed by atoms with E-state index in [1.807, 2.05) is 24.3 Å². The molecule has 24 rings (SSSR count). The smallest absolute Gasteiger partial charge is 0.143 e. The van der Waals surface area contributed by atoms with E-state index in [-0.39, 0.29) is 10.8 Å². The van der Waals surface area contributed by atoms with Gasteiger partial charge in [0.05, 0.1) is 0 Å². The van der Waals surface area contributed by atoms with Crippen molar-refractivity contribution >= 4 is 132 Å². The second kappa shape index (κ2) is 25.8. The highest BCUT2D eigenvalue weighted by atomic mass is 16.3. The van der Waals surface area contributed by atoms with Gasteiger partial charge in [0.2, 0.25) is 0 Å². The zero-order valence-corrected chi connectivity index (χ0v) is 65.3. The molecular formula is C112H74N2O4. The van der Waals surface area contributed by atoms with Gasteiger partial charge < -0.3 is 27.5 Å². The molecule has 0 amide bonds. The average molecular weight is 1510 g/mol. The highest BCUT2D eigenvalue weighted by Gasteiger charge is 2.40. The lowest BCUT2D eigenvalue weighted by atomic mass is 9.80. The third kappa shape index (κ3) is 10.4. The first-order chi connectivity index (χ1) is 57.9. The van der Waals surface area contributed by atoms with Gasteiger partial charge in [0.15, 0.2) is 0 Å². The summed E-state index contributed by atoms with van der Waals surface area (Å²) in [5, 5.41) is 15.8. The second-order valence-corrected chi connectivity index (χ2v) is 33.0. The molecule has 18 aromatic carbocycles. The number of fused-ring (bicyclic) bond motifs is 19. The maximum Gasteiger partial charge on any atom is 0.143 e. The Morgan fingerprint density at radius 3 is 0.975 bits per heavy atom. The Balaban J connectivity index is 0.618. The standard InChI is InChI=1S/C112H74N2O4/c1-111(2)97-65-85(49-53-89(97)91-51-41-67-19-11-15-27-87(67)105(91)111)113(83-47-39-73-59-79(33-31-75(73)61-83)101-63-77-25-13-17-29-99(77)115-101)81-43-35-71(36-44-81)107-103(69-21-7-5-8-22-69)95-57-55-94-93(109(95)117-107)56-58-96-104(70-23-9-6-10-24-70)108(118-110(94)96)72-37-45-82(46-38-72)114(84-48-40-74-60-80(34-32-76(74)62-84)102-64-78-26-14-18-30-100(78)116-102)86-50-54-90-92-52-42-68-20-12-16-28-88(68)106(92)112(3,4)98(90)66-86/h5-66H,1-4H3.